The highest BCUT2D eigenvalue weighted by atomic mass is 16.0. The van der Waals surface area contributed by atoms with E-state index >= 15 is 0 Å². The number of rotatable bonds is 1. The lowest BCUT2D eigenvalue weighted by Crippen LogP contribution is -2.22. The molecule has 2 rings (SSSR count). The topological polar surface area (TPSA) is 31.5 Å². The van der Waals surface area contributed by atoms with Gasteiger partial charge in [-0.25, -0.2) is 0 Å². The Hall–Kier alpha value is -0.0400. The van der Waals surface area contributed by atoms with Gasteiger partial charge in [0.2, 0.25) is 0 Å². The van der Waals surface area contributed by atoms with Gasteiger partial charge in [0.25, 0.3) is 0 Å². The van der Waals surface area contributed by atoms with Crippen LogP contribution in [0.3, 0.4) is 0 Å². The average Bonchev–Trinajstić information content (AvgIpc) is 2.20. The highest BCUT2D eigenvalue weighted by molar-refractivity contribution is 4.78. The molecule has 0 saturated heterocycles. The highest BCUT2D eigenvalue weighted by Crippen LogP contribution is 2.39. The zero-order chi connectivity index (χ0) is 9.10. The molecule has 0 amide bonds. The lowest BCUT2D eigenvalue weighted by molar-refractivity contribution is 0.173. The molecule has 0 aliphatic heterocycles. The predicted octanol–water partition coefficient (Wildman–Crippen LogP) is 3.57. The molecule has 0 atom stereocenters. The molecule has 2 saturated carbocycles. The minimum absolute atomic E-state index is 0. The van der Waals surface area contributed by atoms with Crippen LogP contribution in [-0.4, -0.2) is 5.48 Å². The molecule has 2 fully saturated rings. The Morgan fingerprint density at radius 2 is 1.14 bits per heavy atom. The van der Waals surface area contributed by atoms with Crippen molar-refractivity contribution in [3.05, 3.63) is 0 Å². The van der Waals surface area contributed by atoms with Gasteiger partial charge in [-0.05, 0) is 30.6 Å². The lowest BCUT2D eigenvalue weighted by atomic mass is 9.71. The van der Waals surface area contributed by atoms with Gasteiger partial charge in [-0.1, -0.05) is 51.9 Å². The smallest absolute Gasteiger partial charge is 0.0386 e. The average molecular weight is 198 g/mol. The van der Waals surface area contributed by atoms with Gasteiger partial charge in [0, 0.05) is 0 Å². The van der Waals surface area contributed by atoms with E-state index in [-0.39, 0.29) is 5.48 Å². The minimum atomic E-state index is 0. The first kappa shape index (κ1) is 12.0. The Bertz CT molecular complexity index is 141. The van der Waals surface area contributed by atoms with E-state index < -0.39 is 0 Å². The molecule has 84 valence electrons. The Morgan fingerprint density at radius 1 is 0.643 bits per heavy atom. The molecule has 0 aromatic carbocycles. The van der Waals surface area contributed by atoms with Crippen LogP contribution in [0.15, 0.2) is 0 Å². The van der Waals surface area contributed by atoms with Gasteiger partial charge >= 0.3 is 0 Å². The summed E-state index contributed by atoms with van der Waals surface area (Å²) in [7, 11) is 0. The van der Waals surface area contributed by atoms with Gasteiger partial charge in [0.15, 0.2) is 0 Å². The molecule has 14 heavy (non-hydrogen) atoms. The van der Waals surface area contributed by atoms with Crippen LogP contribution in [0.4, 0.5) is 0 Å². The molecule has 0 unspecified atom stereocenters. The molecule has 0 bridgehead atoms. The van der Waals surface area contributed by atoms with Crippen molar-refractivity contribution < 1.29 is 5.48 Å². The van der Waals surface area contributed by atoms with Crippen molar-refractivity contribution in [2.45, 2.75) is 64.7 Å². The number of hydrogen-bond acceptors (Lipinski definition) is 0. The largest absolute Gasteiger partial charge is 0.412 e. The van der Waals surface area contributed by atoms with E-state index in [2.05, 4.69) is 6.92 Å². The van der Waals surface area contributed by atoms with Gasteiger partial charge in [0.05, 0.1) is 0 Å². The summed E-state index contributed by atoms with van der Waals surface area (Å²) in [4.78, 5) is 0. The van der Waals surface area contributed by atoms with E-state index in [4.69, 9.17) is 0 Å². The third kappa shape index (κ3) is 2.98. The van der Waals surface area contributed by atoms with Crippen molar-refractivity contribution in [2.75, 3.05) is 0 Å². The van der Waals surface area contributed by atoms with Crippen molar-refractivity contribution >= 4 is 0 Å². The Labute approximate surface area is 88.6 Å². The molecule has 1 heteroatoms. The Balaban J connectivity index is 0.000000980. The van der Waals surface area contributed by atoms with Crippen molar-refractivity contribution in [1.82, 2.24) is 0 Å². The quantitative estimate of drug-likeness (QED) is 0.617. The SMILES string of the molecule is CC1CCC(C2CCCCC2)CC1.O. The van der Waals surface area contributed by atoms with Gasteiger partial charge in [-0.15, -0.1) is 0 Å². The van der Waals surface area contributed by atoms with Crippen molar-refractivity contribution in [3.8, 4) is 0 Å². The second kappa shape index (κ2) is 5.75. The summed E-state index contributed by atoms with van der Waals surface area (Å²) < 4.78 is 0. The maximum atomic E-state index is 2.43. The summed E-state index contributed by atoms with van der Waals surface area (Å²) in [5.41, 5.74) is 0. The van der Waals surface area contributed by atoms with Crippen molar-refractivity contribution in [1.29, 1.82) is 0 Å². The second-order valence-electron chi connectivity index (χ2n) is 5.42. The summed E-state index contributed by atoms with van der Waals surface area (Å²) in [6.07, 6.45) is 13.8. The summed E-state index contributed by atoms with van der Waals surface area (Å²) >= 11 is 0. The molecule has 2 aliphatic rings. The van der Waals surface area contributed by atoms with E-state index in [0.717, 1.165) is 17.8 Å². The Kier molecular flexibility index (Phi) is 4.94. The predicted molar refractivity (Wildman–Crippen MR) is 61.3 cm³/mol. The molecule has 0 heterocycles. The number of hydrogen-bond donors (Lipinski definition) is 0. The van der Waals surface area contributed by atoms with Gasteiger partial charge in [-0.2, -0.15) is 0 Å². The summed E-state index contributed by atoms with van der Waals surface area (Å²) in [5.74, 6) is 3.28. The molecule has 0 aromatic rings. The fourth-order valence-corrected chi connectivity index (χ4v) is 3.36. The molecule has 2 aliphatic carbocycles. The molecule has 1 nitrogen and oxygen atoms in total. The first-order valence-electron chi connectivity index (χ1n) is 6.36. The van der Waals surface area contributed by atoms with Crippen LogP contribution >= 0.6 is 0 Å². The third-order valence-corrected chi connectivity index (χ3v) is 4.38. The fourth-order valence-electron chi connectivity index (χ4n) is 3.36. The zero-order valence-corrected chi connectivity index (χ0v) is 9.60. The molecule has 0 spiro atoms. The monoisotopic (exact) mass is 198 g/mol. The minimum Gasteiger partial charge on any atom is -0.412 e. The maximum Gasteiger partial charge on any atom is -0.0386 e. The standard InChI is InChI=1S/C13H24.H2O/c1-11-7-9-13(10-8-11)12-5-3-2-4-6-12;/h11-13H,2-10H2,1H3;1H2. The van der Waals surface area contributed by atoms with Crippen molar-refractivity contribution in [3.63, 3.8) is 0 Å². The first-order valence-corrected chi connectivity index (χ1v) is 6.36. The van der Waals surface area contributed by atoms with Crippen LogP contribution in [0.2, 0.25) is 0 Å². The van der Waals surface area contributed by atoms with E-state index in [9.17, 15) is 0 Å². The van der Waals surface area contributed by atoms with Crippen molar-refractivity contribution in [2.24, 2.45) is 17.8 Å². The van der Waals surface area contributed by atoms with Crippen LogP contribution in [-0.2, 0) is 0 Å². The first-order chi connectivity index (χ1) is 6.36. The van der Waals surface area contributed by atoms with E-state index in [1.54, 1.807) is 25.7 Å². The van der Waals surface area contributed by atoms with E-state index in [1.807, 2.05) is 0 Å². The van der Waals surface area contributed by atoms with Crippen LogP contribution < -0.4 is 0 Å². The molecular weight excluding hydrogens is 172 g/mol. The zero-order valence-electron chi connectivity index (χ0n) is 9.60. The van der Waals surface area contributed by atoms with Gasteiger partial charge in [-0.3, -0.25) is 0 Å². The summed E-state index contributed by atoms with van der Waals surface area (Å²) in [6.45, 7) is 2.43. The van der Waals surface area contributed by atoms with Crippen LogP contribution in [0.1, 0.15) is 64.7 Å². The van der Waals surface area contributed by atoms with E-state index in [0.29, 0.717) is 0 Å². The van der Waals surface area contributed by atoms with Crippen LogP contribution in [0.5, 0.6) is 0 Å². The van der Waals surface area contributed by atoms with Crippen LogP contribution in [0, 0.1) is 17.8 Å². The highest BCUT2D eigenvalue weighted by Gasteiger charge is 2.26. The molecular formula is C13H26O. The molecule has 2 N–H and O–H groups in total. The second-order valence-corrected chi connectivity index (χ2v) is 5.42. The molecule has 0 aromatic heterocycles. The van der Waals surface area contributed by atoms with Crippen LogP contribution in [0.25, 0.3) is 0 Å². The lowest BCUT2D eigenvalue weighted by Gasteiger charge is -2.34. The summed E-state index contributed by atoms with van der Waals surface area (Å²) in [5, 5.41) is 0. The van der Waals surface area contributed by atoms with Gasteiger partial charge < -0.3 is 5.48 Å². The molecule has 0 radical (unpaired) electrons. The Morgan fingerprint density at radius 3 is 1.71 bits per heavy atom. The maximum absolute atomic E-state index is 2.43. The van der Waals surface area contributed by atoms with E-state index in [1.165, 1.54) is 32.1 Å². The van der Waals surface area contributed by atoms with Gasteiger partial charge in [0.1, 0.15) is 0 Å². The fraction of sp³-hybridized carbons (Fsp3) is 1.00. The summed E-state index contributed by atoms with van der Waals surface area (Å²) in [6, 6.07) is 0. The normalized spacial score (nSPS) is 34.9. The third-order valence-electron chi connectivity index (χ3n) is 4.38.